The van der Waals surface area contributed by atoms with Crippen LogP contribution < -0.4 is 0 Å². The fourth-order valence-corrected chi connectivity index (χ4v) is 3.63. The van der Waals surface area contributed by atoms with Gasteiger partial charge in [0.2, 0.25) is 0 Å². The van der Waals surface area contributed by atoms with Gasteiger partial charge in [0.25, 0.3) is 0 Å². The van der Waals surface area contributed by atoms with Gasteiger partial charge < -0.3 is 4.74 Å². The van der Waals surface area contributed by atoms with Crippen LogP contribution in [0.5, 0.6) is 0 Å². The first-order valence-corrected chi connectivity index (χ1v) is 8.09. The molecule has 0 fully saturated rings. The van der Waals surface area contributed by atoms with Crippen LogP contribution in [0.25, 0.3) is 0 Å². The predicted octanol–water partition coefficient (Wildman–Crippen LogP) is 5.22. The Morgan fingerprint density at radius 1 is 1.00 bits per heavy atom. The predicted molar refractivity (Wildman–Crippen MR) is 86.3 cm³/mol. The first kappa shape index (κ1) is 12.9. The summed E-state index contributed by atoms with van der Waals surface area (Å²) < 4.78 is 6.10. The lowest BCUT2D eigenvalue weighted by molar-refractivity contribution is 0.283. The van der Waals surface area contributed by atoms with Gasteiger partial charge in [-0.3, -0.25) is 0 Å². The van der Waals surface area contributed by atoms with E-state index in [1.165, 1.54) is 22.5 Å². The largest absolute Gasteiger partial charge is 0.465 e. The number of fused-ring (bicyclic) bond motifs is 2. The van der Waals surface area contributed by atoms with Gasteiger partial charge in [-0.1, -0.05) is 50.3 Å². The van der Waals surface area contributed by atoms with Gasteiger partial charge in [-0.15, -0.1) is 0 Å². The minimum Gasteiger partial charge on any atom is -0.465 e. The smallest absolute Gasteiger partial charge is 0.112 e. The minimum absolute atomic E-state index is 0.442. The highest BCUT2D eigenvalue weighted by Crippen LogP contribution is 2.46. The van der Waals surface area contributed by atoms with Crippen LogP contribution in [0.1, 0.15) is 33.1 Å². The van der Waals surface area contributed by atoms with Gasteiger partial charge >= 0.3 is 0 Å². The molecule has 4 rings (SSSR count). The van der Waals surface area contributed by atoms with Gasteiger partial charge in [-0.25, -0.2) is 0 Å². The molecule has 1 aliphatic heterocycles. The summed E-state index contributed by atoms with van der Waals surface area (Å²) >= 11 is 0. The van der Waals surface area contributed by atoms with Crippen molar-refractivity contribution in [3.63, 3.8) is 0 Å². The zero-order valence-corrected chi connectivity index (χ0v) is 12.8. The highest BCUT2D eigenvalue weighted by atomic mass is 16.5. The van der Waals surface area contributed by atoms with Crippen LogP contribution in [0.2, 0.25) is 0 Å². The summed E-state index contributed by atoms with van der Waals surface area (Å²) in [6, 6.07) is 0. The van der Waals surface area contributed by atoms with Crippen molar-refractivity contribution in [3.8, 4) is 0 Å². The molecule has 3 atom stereocenters. The van der Waals surface area contributed by atoms with E-state index in [9.17, 15) is 0 Å². The van der Waals surface area contributed by atoms with Crippen molar-refractivity contribution in [2.24, 2.45) is 17.8 Å². The van der Waals surface area contributed by atoms with Crippen LogP contribution >= 0.6 is 0 Å². The van der Waals surface area contributed by atoms with Gasteiger partial charge in [0.05, 0.1) is 0 Å². The Hall–Kier alpha value is -1.76. The second-order valence-electron chi connectivity index (χ2n) is 6.77. The molecule has 21 heavy (non-hydrogen) atoms. The summed E-state index contributed by atoms with van der Waals surface area (Å²) in [7, 11) is 0. The van der Waals surface area contributed by atoms with E-state index in [2.05, 4.69) is 56.4 Å². The highest BCUT2D eigenvalue weighted by Gasteiger charge is 2.35. The molecular formula is C20H22O. The van der Waals surface area contributed by atoms with Crippen molar-refractivity contribution >= 4 is 0 Å². The van der Waals surface area contributed by atoms with Gasteiger partial charge in [-0.2, -0.15) is 0 Å². The van der Waals surface area contributed by atoms with Gasteiger partial charge in [0, 0.05) is 17.9 Å². The lowest BCUT2D eigenvalue weighted by atomic mass is 9.81. The van der Waals surface area contributed by atoms with Crippen LogP contribution in [0.15, 0.2) is 70.8 Å². The summed E-state index contributed by atoms with van der Waals surface area (Å²) in [5.74, 6) is 4.07. The Balaban J connectivity index is 1.59. The molecule has 0 radical (unpaired) electrons. The lowest BCUT2D eigenvalue weighted by Gasteiger charge is -2.22. The number of allylic oxidation sites excluding steroid dienone is 11. The van der Waals surface area contributed by atoms with Crippen LogP contribution in [0.4, 0.5) is 0 Å². The van der Waals surface area contributed by atoms with E-state index in [0.717, 1.165) is 25.0 Å². The third-order valence-electron chi connectivity index (χ3n) is 4.95. The molecular weight excluding hydrogens is 256 g/mol. The molecule has 0 N–H and O–H groups in total. The van der Waals surface area contributed by atoms with Crippen LogP contribution in [-0.2, 0) is 4.74 Å². The monoisotopic (exact) mass is 278 g/mol. The molecule has 0 aromatic heterocycles. The highest BCUT2D eigenvalue weighted by molar-refractivity contribution is 5.50. The Morgan fingerprint density at radius 3 is 2.67 bits per heavy atom. The maximum absolute atomic E-state index is 6.10. The Kier molecular flexibility index (Phi) is 3.02. The van der Waals surface area contributed by atoms with Gasteiger partial charge in [0.1, 0.15) is 11.5 Å². The molecule has 1 heteroatoms. The van der Waals surface area contributed by atoms with Gasteiger partial charge in [0.15, 0.2) is 0 Å². The van der Waals surface area contributed by atoms with E-state index in [4.69, 9.17) is 4.74 Å². The molecule has 1 heterocycles. The van der Waals surface area contributed by atoms with Crippen molar-refractivity contribution < 1.29 is 4.74 Å². The average Bonchev–Trinajstić information content (AvgIpc) is 2.84. The third kappa shape index (κ3) is 2.25. The quantitative estimate of drug-likeness (QED) is 0.639. The molecule has 0 aromatic rings. The zero-order chi connectivity index (χ0) is 14.4. The normalized spacial score (nSPS) is 33.8. The van der Waals surface area contributed by atoms with E-state index in [1.54, 1.807) is 0 Å². The molecule has 108 valence electrons. The molecule has 0 bridgehead atoms. The van der Waals surface area contributed by atoms with Crippen molar-refractivity contribution in [1.29, 1.82) is 0 Å². The molecule has 4 aliphatic rings. The Bertz CT molecular complexity index is 651. The molecule has 3 unspecified atom stereocenters. The maximum atomic E-state index is 6.10. The second-order valence-corrected chi connectivity index (χ2v) is 6.77. The molecule has 0 spiro atoms. The molecule has 0 saturated carbocycles. The zero-order valence-electron chi connectivity index (χ0n) is 12.8. The van der Waals surface area contributed by atoms with Crippen molar-refractivity contribution in [3.05, 3.63) is 70.8 Å². The summed E-state index contributed by atoms with van der Waals surface area (Å²) in [4.78, 5) is 0. The van der Waals surface area contributed by atoms with Gasteiger partial charge in [-0.05, 0) is 41.9 Å². The molecule has 3 aliphatic carbocycles. The average molecular weight is 278 g/mol. The molecule has 0 aromatic carbocycles. The van der Waals surface area contributed by atoms with E-state index < -0.39 is 0 Å². The number of hydrogen-bond acceptors (Lipinski definition) is 1. The van der Waals surface area contributed by atoms with Crippen molar-refractivity contribution in [2.45, 2.75) is 33.1 Å². The Labute approximate surface area is 127 Å². The number of ether oxygens (including phenoxy) is 1. The summed E-state index contributed by atoms with van der Waals surface area (Å²) in [6.45, 7) is 4.52. The second kappa shape index (κ2) is 4.91. The molecule has 0 saturated heterocycles. The topological polar surface area (TPSA) is 9.23 Å². The third-order valence-corrected chi connectivity index (χ3v) is 4.95. The standard InChI is InChI=1S/C20H22O/c1-13-3-6-15(7-4-13)16-8-10-19-18(12-16)17-9-5-14(2)11-20(17)21-19/h3,5-10,13-14,18H,4,11-12H2,1-2H3. The fourth-order valence-electron chi connectivity index (χ4n) is 3.63. The summed E-state index contributed by atoms with van der Waals surface area (Å²) in [5.41, 5.74) is 4.28. The Morgan fingerprint density at radius 2 is 1.86 bits per heavy atom. The van der Waals surface area contributed by atoms with E-state index in [-0.39, 0.29) is 0 Å². The number of rotatable bonds is 1. The van der Waals surface area contributed by atoms with Crippen molar-refractivity contribution in [2.75, 3.05) is 0 Å². The number of hydrogen-bond donors (Lipinski definition) is 0. The van der Waals surface area contributed by atoms with E-state index in [0.29, 0.717) is 17.8 Å². The lowest BCUT2D eigenvalue weighted by Crippen LogP contribution is -2.10. The fraction of sp³-hybridized carbons (Fsp3) is 0.400. The minimum atomic E-state index is 0.442. The summed E-state index contributed by atoms with van der Waals surface area (Å²) in [5, 5.41) is 0. The van der Waals surface area contributed by atoms with E-state index >= 15 is 0 Å². The summed E-state index contributed by atoms with van der Waals surface area (Å²) in [6.07, 6.45) is 19.4. The van der Waals surface area contributed by atoms with Crippen LogP contribution in [0, 0.1) is 17.8 Å². The molecule has 0 amide bonds. The molecule has 1 nitrogen and oxygen atoms in total. The first-order chi connectivity index (χ1) is 10.2. The van der Waals surface area contributed by atoms with Crippen LogP contribution in [0.3, 0.4) is 0 Å². The van der Waals surface area contributed by atoms with E-state index in [1.807, 2.05) is 0 Å². The SMILES string of the molecule is CC1C=CC(C2=CC=C3OC4=C(C=CC(C)C4)C3C2)=CC1. The van der Waals surface area contributed by atoms with Crippen LogP contribution in [-0.4, -0.2) is 0 Å². The maximum Gasteiger partial charge on any atom is 0.112 e. The first-order valence-electron chi connectivity index (χ1n) is 8.09. The van der Waals surface area contributed by atoms with Crippen molar-refractivity contribution in [1.82, 2.24) is 0 Å².